The Morgan fingerprint density at radius 1 is 1.00 bits per heavy atom. The molecule has 0 aliphatic rings. The third-order valence-electron chi connectivity index (χ3n) is 2.90. The topological polar surface area (TPSA) is 37.8 Å². The van der Waals surface area contributed by atoms with Crippen LogP contribution in [0, 0.1) is 11.6 Å². The van der Waals surface area contributed by atoms with Gasteiger partial charge in [-0.3, -0.25) is 0 Å². The average Bonchev–Trinajstić information content (AvgIpc) is 2.51. The number of fused-ring (bicyclic) bond motifs is 1. The van der Waals surface area contributed by atoms with Gasteiger partial charge in [-0.05, 0) is 24.3 Å². The summed E-state index contributed by atoms with van der Waals surface area (Å²) in [5.41, 5.74) is 0.793. The molecule has 0 aliphatic heterocycles. The molecule has 2 aromatic carbocycles. The molecule has 0 unspecified atom stereocenters. The minimum Gasteiger partial charge on any atom is -0.357 e. The third kappa shape index (κ3) is 2.80. The van der Waals surface area contributed by atoms with Gasteiger partial charge >= 0.3 is 0 Å². The van der Waals surface area contributed by atoms with Crippen LogP contribution in [0.2, 0.25) is 0 Å². The van der Waals surface area contributed by atoms with Crippen LogP contribution >= 0.6 is 11.8 Å². The summed E-state index contributed by atoms with van der Waals surface area (Å²) in [6.07, 6.45) is 0. The van der Waals surface area contributed by atoms with Gasteiger partial charge in [-0.25, -0.2) is 18.7 Å². The van der Waals surface area contributed by atoms with Gasteiger partial charge in [0, 0.05) is 17.3 Å². The summed E-state index contributed by atoms with van der Waals surface area (Å²) in [7, 11) is 1.73. The quantitative estimate of drug-likeness (QED) is 0.739. The molecule has 0 aliphatic carbocycles. The van der Waals surface area contributed by atoms with Crippen molar-refractivity contribution in [2.45, 2.75) is 9.92 Å². The van der Waals surface area contributed by atoms with Crippen molar-refractivity contribution in [3.63, 3.8) is 0 Å². The van der Waals surface area contributed by atoms with Crippen molar-refractivity contribution in [1.82, 2.24) is 9.97 Å². The van der Waals surface area contributed by atoms with Crippen molar-refractivity contribution >= 4 is 28.6 Å². The Bertz CT molecular complexity index is 808. The molecule has 0 spiro atoms. The zero-order chi connectivity index (χ0) is 14.8. The number of para-hydroxylation sites is 1. The Morgan fingerprint density at radius 3 is 2.57 bits per heavy atom. The number of hydrogen-bond acceptors (Lipinski definition) is 4. The van der Waals surface area contributed by atoms with Crippen LogP contribution in [-0.4, -0.2) is 17.0 Å². The Kier molecular flexibility index (Phi) is 3.70. The van der Waals surface area contributed by atoms with E-state index < -0.39 is 11.6 Å². The lowest BCUT2D eigenvalue weighted by molar-refractivity contribution is 0.506. The van der Waals surface area contributed by atoms with Gasteiger partial charge < -0.3 is 5.32 Å². The van der Waals surface area contributed by atoms with Gasteiger partial charge in [-0.15, -0.1) is 0 Å². The summed E-state index contributed by atoms with van der Waals surface area (Å²) < 4.78 is 26.3. The highest BCUT2D eigenvalue weighted by Crippen LogP contribution is 2.32. The molecule has 1 aromatic heterocycles. The van der Waals surface area contributed by atoms with E-state index in [9.17, 15) is 8.78 Å². The molecule has 0 saturated heterocycles. The predicted octanol–water partition coefficient (Wildman–Crippen LogP) is 4.10. The first-order chi connectivity index (χ1) is 10.2. The van der Waals surface area contributed by atoms with Gasteiger partial charge in [0.1, 0.15) is 5.03 Å². The Labute approximate surface area is 124 Å². The maximum atomic E-state index is 13.3. The molecule has 0 amide bonds. The minimum atomic E-state index is -0.868. The van der Waals surface area contributed by atoms with E-state index in [0.29, 0.717) is 15.9 Å². The van der Waals surface area contributed by atoms with E-state index in [2.05, 4.69) is 15.3 Å². The fraction of sp³-hybridized carbons (Fsp3) is 0.0667. The molecule has 0 radical (unpaired) electrons. The number of aromatic nitrogens is 2. The number of nitrogens with one attached hydrogen (secondary N) is 1. The van der Waals surface area contributed by atoms with Crippen LogP contribution < -0.4 is 5.32 Å². The summed E-state index contributed by atoms with van der Waals surface area (Å²) >= 11 is 1.27. The summed E-state index contributed by atoms with van der Waals surface area (Å²) in [5, 5.41) is 4.45. The largest absolute Gasteiger partial charge is 0.357 e. The monoisotopic (exact) mass is 303 g/mol. The van der Waals surface area contributed by atoms with Gasteiger partial charge in [0.05, 0.1) is 5.52 Å². The van der Waals surface area contributed by atoms with Crippen molar-refractivity contribution < 1.29 is 8.78 Å². The molecule has 3 nitrogen and oxygen atoms in total. The molecular formula is C15H11F2N3S. The van der Waals surface area contributed by atoms with Crippen molar-refractivity contribution in [1.29, 1.82) is 0 Å². The van der Waals surface area contributed by atoms with Gasteiger partial charge in [0.25, 0.3) is 0 Å². The van der Waals surface area contributed by atoms with E-state index in [-0.39, 0.29) is 0 Å². The fourth-order valence-corrected chi connectivity index (χ4v) is 2.83. The van der Waals surface area contributed by atoms with Crippen molar-refractivity contribution in [2.24, 2.45) is 0 Å². The summed E-state index contributed by atoms with van der Waals surface area (Å²) in [5.74, 6) is -1.24. The zero-order valence-electron chi connectivity index (χ0n) is 11.1. The van der Waals surface area contributed by atoms with E-state index in [0.717, 1.165) is 23.0 Å². The maximum absolute atomic E-state index is 13.3. The fourth-order valence-electron chi connectivity index (χ4n) is 1.89. The number of anilines is 1. The first-order valence-corrected chi connectivity index (χ1v) is 7.06. The lowest BCUT2D eigenvalue weighted by Crippen LogP contribution is -1.98. The zero-order valence-corrected chi connectivity index (χ0v) is 11.9. The second-order valence-electron chi connectivity index (χ2n) is 4.30. The van der Waals surface area contributed by atoms with Crippen LogP contribution in [0.1, 0.15) is 0 Å². The number of hydrogen-bond donors (Lipinski definition) is 1. The van der Waals surface area contributed by atoms with Crippen LogP contribution in [0.4, 0.5) is 14.7 Å². The Morgan fingerprint density at radius 2 is 1.81 bits per heavy atom. The second-order valence-corrected chi connectivity index (χ2v) is 5.36. The number of rotatable bonds is 3. The molecule has 21 heavy (non-hydrogen) atoms. The van der Waals surface area contributed by atoms with Crippen LogP contribution in [-0.2, 0) is 0 Å². The SMILES string of the molecule is CNc1nc(Sc2ccc(F)c(F)c2)c2ccccc2n1. The summed E-state index contributed by atoms with van der Waals surface area (Å²) in [6.45, 7) is 0. The summed E-state index contributed by atoms with van der Waals surface area (Å²) in [4.78, 5) is 9.33. The highest BCUT2D eigenvalue weighted by Gasteiger charge is 2.10. The lowest BCUT2D eigenvalue weighted by atomic mass is 10.2. The number of nitrogens with zero attached hydrogens (tertiary/aromatic N) is 2. The van der Waals surface area contributed by atoms with Gasteiger partial charge in [-0.1, -0.05) is 30.0 Å². The molecule has 3 rings (SSSR count). The average molecular weight is 303 g/mol. The van der Waals surface area contributed by atoms with Gasteiger partial charge in [0.15, 0.2) is 11.6 Å². The van der Waals surface area contributed by atoms with Crippen LogP contribution in [0.25, 0.3) is 10.9 Å². The van der Waals surface area contributed by atoms with E-state index in [4.69, 9.17) is 0 Å². The van der Waals surface area contributed by atoms with Crippen molar-refractivity contribution in [3.05, 3.63) is 54.1 Å². The van der Waals surface area contributed by atoms with Gasteiger partial charge in [-0.2, -0.15) is 0 Å². The highest BCUT2D eigenvalue weighted by atomic mass is 32.2. The van der Waals surface area contributed by atoms with E-state index in [1.165, 1.54) is 17.8 Å². The van der Waals surface area contributed by atoms with E-state index in [1.54, 1.807) is 7.05 Å². The Hall–Kier alpha value is -2.21. The molecule has 106 valence electrons. The molecule has 0 bridgehead atoms. The molecule has 3 aromatic rings. The summed E-state index contributed by atoms with van der Waals surface area (Å²) in [6, 6.07) is 11.4. The molecule has 6 heteroatoms. The number of benzene rings is 2. The normalized spacial score (nSPS) is 10.8. The predicted molar refractivity (Wildman–Crippen MR) is 79.6 cm³/mol. The van der Waals surface area contributed by atoms with Crippen LogP contribution in [0.3, 0.4) is 0 Å². The molecular weight excluding hydrogens is 292 g/mol. The van der Waals surface area contributed by atoms with Gasteiger partial charge in [0.2, 0.25) is 5.95 Å². The van der Waals surface area contributed by atoms with E-state index in [1.807, 2.05) is 24.3 Å². The highest BCUT2D eigenvalue weighted by molar-refractivity contribution is 7.99. The minimum absolute atomic E-state index is 0.485. The smallest absolute Gasteiger partial charge is 0.224 e. The number of halogens is 2. The molecule has 0 fully saturated rings. The first kappa shape index (κ1) is 13.8. The van der Waals surface area contributed by atoms with Crippen molar-refractivity contribution in [2.75, 3.05) is 12.4 Å². The lowest BCUT2D eigenvalue weighted by Gasteiger charge is -2.08. The molecule has 0 saturated carbocycles. The molecule has 0 atom stereocenters. The molecule has 1 N–H and O–H groups in total. The maximum Gasteiger partial charge on any atom is 0.224 e. The van der Waals surface area contributed by atoms with Crippen molar-refractivity contribution in [3.8, 4) is 0 Å². The molecule has 1 heterocycles. The van der Waals surface area contributed by atoms with Crippen LogP contribution in [0.15, 0.2) is 52.4 Å². The van der Waals surface area contributed by atoms with Crippen LogP contribution in [0.5, 0.6) is 0 Å². The Balaban J connectivity index is 2.08. The third-order valence-corrected chi connectivity index (χ3v) is 3.89. The second kappa shape index (κ2) is 5.65. The standard InChI is InChI=1S/C15H11F2N3S/c1-18-15-19-13-5-3-2-4-10(13)14(20-15)21-9-6-7-11(16)12(17)8-9/h2-8H,1H3,(H,18,19,20). The first-order valence-electron chi connectivity index (χ1n) is 6.25. The van der Waals surface area contributed by atoms with E-state index >= 15 is 0 Å².